The molecule has 20 nitrogen and oxygen atoms in total. The molecule has 0 aromatic carbocycles. The van der Waals surface area contributed by atoms with Crippen LogP contribution in [0.5, 0.6) is 0 Å². The topological polar surface area (TPSA) is 354 Å². The molecule has 0 spiro atoms. The first-order valence-electron chi connectivity index (χ1n) is 4.83. The average molecular weight is 972 g/mol. The Bertz CT molecular complexity index is 357. The third-order valence-electron chi connectivity index (χ3n) is 0.632. The molecule has 0 aliphatic rings. The molecule has 0 rings (SSSR count). The van der Waals surface area contributed by atoms with Crippen LogP contribution < -0.4 is 9.79 Å². The van der Waals surface area contributed by atoms with E-state index in [4.69, 9.17) is 48.9 Å². The zero-order valence-corrected chi connectivity index (χ0v) is 25.1. The van der Waals surface area contributed by atoms with Crippen molar-refractivity contribution in [3.63, 3.8) is 0 Å². The summed E-state index contributed by atoms with van der Waals surface area (Å²) in [5, 5.41) is 0. The second-order valence-electron chi connectivity index (χ2n) is 2.41. The molecule has 6 unspecified atom stereocenters. The Hall–Kier alpha value is 2.86. The van der Waals surface area contributed by atoms with E-state index in [1.807, 2.05) is 0 Å². The van der Waals surface area contributed by atoms with E-state index < -0.39 is 67.4 Å². The molecule has 6 atom stereocenters. The summed E-state index contributed by atoms with van der Waals surface area (Å²) in [7, 11) is -23.9. The molecule has 30 heteroatoms. The van der Waals surface area contributed by atoms with E-state index in [9.17, 15) is 28.0 Å². The SMILES string of the molecule is O=[P+](O)O[PH+](O)O.O=[P+](O)O[PH+](O)O.O=[P+](O)O[PH+]([O-])O.O=[P+](O)O[PH+]([O-])O.[Pt].[Pt]. The second kappa shape index (κ2) is 31.9. The van der Waals surface area contributed by atoms with E-state index in [2.05, 4.69) is 17.2 Å². The van der Waals surface area contributed by atoms with Gasteiger partial charge in [-0.25, -0.2) is 9.79 Å². The van der Waals surface area contributed by atoms with Crippen molar-refractivity contribution in [2.24, 2.45) is 0 Å². The quantitative estimate of drug-likeness (QED) is 0.109. The predicted octanol–water partition coefficient (Wildman–Crippen LogP) is -2.88. The Labute approximate surface area is 203 Å². The Balaban J connectivity index is -0.0000000626. The van der Waals surface area contributed by atoms with Gasteiger partial charge in [-0.2, -0.15) is 19.6 Å². The maximum absolute atomic E-state index is 9.44. The third kappa shape index (κ3) is 77.4. The molecule has 10 N–H and O–H groups in total. The predicted molar refractivity (Wildman–Crippen MR) is 90.2 cm³/mol. The van der Waals surface area contributed by atoms with Crippen LogP contribution in [0.15, 0.2) is 0 Å². The summed E-state index contributed by atoms with van der Waals surface area (Å²) in [6, 6.07) is 0. The van der Waals surface area contributed by atoms with E-state index in [0.29, 0.717) is 0 Å². The first-order valence-corrected chi connectivity index (χ1v) is 14.5. The van der Waals surface area contributed by atoms with Crippen LogP contribution in [0.2, 0.25) is 0 Å². The van der Waals surface area contributed by atoms with Crippen molar-refractivity contribution in [1.29, 1.82) is 0 Å². The molecular weight excluding hydrogens is 958 g/mol. The number of hydrogen-bond acceptors (Lipinski definition) is 16. The van der Waals surface area contributed by atoms with Crippen LogP contribution in [0, 0.1) is 0 Å². The van der Waals surface area contributed by atoms with Gasteiger partial charge >= 0.3 is 50.2 Å². The fraction of sp³-hybridized carbons (Fsp3) is 0. The largest absolute Gasteiger partial charge is 0.736 e. The van der Waals surface area contributed by atoms with Gasteiger partial charge in [-0.15, -0.1) is 19.6 Å². The molecule has 0 fully saturated rings. The third-order valence-corrected chi connectivity index (χ3v) is 5.69. The van der Waals surface area contributed by atoms with Crippen molar-refractivity contribution in [3.05, 3.63) is 0 Å². The van der Waals surface area contributed by atoms with Gasteiger partial charge in [-0.3, -0.25) is 0 Å². The molecule has 0 aromatic heterocycles. The zero-order valence-electron chi connectivity index (χ0n) is 13.0. The van der Waals surface area contributed by atoms with Crippen LogP contribution in [0.1, 0.15) is 0 Å². The van der Waals surface area contributed by atoms with Crippen LogP contribution in [0.4, 0.5) is 0 Å². The molecular formula is H14O20P8Pt2+6. The summed E-state index contributed by atoms with van der Waals surface area (Å²) in [5.74, 6) is 0. The maximum atomic E-state index is 9.44. The van der Waals surface area contributed by atoms with Gasteiger partial charge in [-0.1, -0.05) is 0 Å². The minimum absolute atomic E-state index is 0. The van der Waals surface area contributed by atoms with Crippen LogP contribution in [-0.2, 0) is 77.6 Å². The summed E-state index contributed by atoms with van der Waals surface area (Å²) in [6.07, 6.45) is 0. The van der Waals surface area contributed by atoms with E-state index in [1.54, 1.807) is 0 Å². The van der Waals surface area contributed by atoms with Crippen molar-refractivity contribution in [2.45, 2.75) is 0 Å². The van der Waals surface area contributed by atoms with E-state index in [-0.39, 0.29) is 42.1 Å². The summed E-state index contributed by atoms with van der Waals surface area (Å²) in [5.41, 5.74) is 0. The molecule has 0 radical (unpaired) electrons. The first-order chi connectivity index (χ1) is 12.5. The van der Waals surface area contributed by atoms with Crippen molar-refractivity contribution in [2.75, 3.05) is 0 Å². The minimum atomic E-state index is -3.22. The first kappa shape index (κ1) is 46.2. The molecule has 0 aliphatic carbocycles. The molecule has 0 amide bonds. The summed E-state index contributed by atoms with van der Waals surface area (Å²) < 4.78 is 51.6. The fourth-order valence-electron chi connectivity index (χ4n) is 0.273. The number of rotatable bonds is 8. The van der Waals surface area contributed by atoms with Crippen molar-refractivity contribution < 1.29 is 136 Å². The Morgan fingerprint density at radius 3 is 0.667 bits per heavy atom. The summed E-state index contributed by atoms with van der Waals surface area (Å²) in [4.78, 5) is 96.3. The molecule has 0 saturated carbocycles. The molecule has 30 heavy (non-hydrogen) atoms. The summed E-state index contributed by atoms with van der Waals surface area (Å²) in [6.45, 7) is 0. The maximum Gasteiger partial charge on any atom is 0.736 e. The van der Waals surface area contributed by atoms with Gasteiger partial charge in [-0.05, 0) is 0 Å². The Morgan fingerprint density at radius 2 is 0.667 bits per heavy atom. The van der Waals surface area contributed by atoms with Gasteiger partial charge in [0.15, 0.2) is 0 Å². The molecule has 0 aliphatic heterocycles. The second-order valence-corrected chi connectivity index (χ2v) is 9.43. The average Bonchev–Trinajstić information content (AvgIpc) is 2.32. The van der Waals surface area contributed by atoms with Gasteiger partial charge in [0.25, 0.3) is 17.2 Å². The van der Waals surface area contributed by atoms with Gasteiger partial charge < -0.3 is 9.79 Å². The van der Waals surface area contributed by atoms with Gasteiger partial charge in [0.05, 0.1) is 17.2 Å². The van der Waals surface area contributed by atoms with Crippen molar-refractivity contribution in [1.82, 2.24) is 0 Å². The summed E-state index contributed by atoms with van der Waals surface area (Å²) >= 11 is 0. The molecule has 0 aromatic rings. The van der Waals surface area contributed by atoms with Gasteiger partial charge in [0.1, 0.15) is 0 Å². The fourth-order valence-corrected chi connectivity index (χ4v) is 2.46. The van der Waals surface area contributed by atoms with E-state index in [0.717, 1.165) is 0 Å². The molecule has 0 bridgehead atoms. The van der Waals surface area contributed by atoms with Crippen LogP contribution in [0.3, 0.4) is 0 Å². The van der Waals surface area contributed by atoms with E-state index >= 15 is 0 Å². The smallest absolute Gasteiger partial charge is 0.629 e. The van der Waals surface area contributed by atoms with Gasteiger partial charge in [0, 0.05) is 60.4 Å². The molecule has 0 heterocycles. The van der Waals surface area contributed by atoms with Crippen molar-refractivity contribution in [3.8, 4) is 0 Å². The normalized spacial score (nSPS) is 13.3. The van der Waals surface area contributed by atoms with Crippen LogP contribution >= 0.6 is 67.4 Å². The van der Waals surface area contributed by atoms with Gasteiger partial charge in [0.2, 0.25) is 0 Å². The van der Waals surface area contributed by atoms with Crippen molar-refractivity contribution >= 4 is 67.4 Å². The van der Waals surface area contributed by atoms with Crippen LogP contribution in [0.25, 0.3) is 0 Å². The Morgan fingerprint density at radius 1 is 0.500 bits per heavy atom. The monoisotopic (exact) mass is 972 g/mol. The molecule has 188 valence electrons. The minimum Gasteiger partial charge on any atom is -0.629 e. The van der Waals surface area contributed by atoms with Crippen LogP contribution in [-0.4, -0.2) is 48.9 Å². The Kier molecular flexibility index (Phi) is 49.1. The van der Waals surface area contributed by atoms with E-state index in [1.165, 1.54) is 0 Å². The number of hydrogen-bond donors (Lipinski definition) is 10. The standard InChI is InChI=1S/2H3O5P2.2H2O5P2.2Pt/c4*1-6(2)5-7(3)4;;/h2*1-2,6H;2*1,6H;;/q2*+1;;;;/p+4. The molecule has 0 saturated heterocycles. The zero-order chi connectivity index (χ0) is 23.4.